The number of thioether (sulfide) groups is 1. The molecule has 0 bridgehead atoms. The molecule has 2 atom stereocenters. The topological polar surface area (TPSA) is 20.3 Å². The maximum atomic E-state index is 10.8. The van der Waals surface area contributed by atoms with Crippen LogP contribution in [0.4, 0.5) is 0 Å². The summed E-state index contributed by atoms with van der Waals surface area (Å²) >= 11 is 1.86. The summed E-state index contributed by atoms with van der Waals surface area (Å²) in [6.07, 6.45) is 4.72. The molecule has 0 aromatic rings. The molecule has 0 aromatic heterocycles. The lowest BCUT2D eigenvalue weighted by molar-refractivity contribution is -0.137. The van der Waals surface area contributed by atoms with E-state index in [1.807, 2.05) is 22.9 Å². The zero-order chi connectivity index (χ0) is 7.14. The second-order valence-electron chi connectivity index (χ2n) is 2.64. The fraction of sp³-hybridized carbons (Fsp3) is 0.571. The molecular weight excluding hydrogens is 146 g/mol. The van der Waals surface area contributed by atoms with Crippen molar-refractivity contribution in [1.29, 1.82) is 0 Å². The molecule has 0 radical (unpaired) electrons. The molecule has 54 valence electrons. The van der Waals surface area contributed by atoms with E-state index in [0.717, 1.165) is 6.42 Å². The standard InChI is InChI=1S/C7H9NOS/c1-5-2-3-8-6(9)4-7(8)10-5/h2-3,5,7H,4H2,1H3/t5?,7-/m0/s1. The Bertz CT molecular complexity index is 202. The second kappa shape index (κ2) is 2.02. The molecule has 1 amide bonds. The molecule has 1 fully saturated rings. The van der Waals surface area contributed by atoms with E-state index in [1.54, 1.807) is 0 Å². The second-order valence-corrected chi connectivity index (χ2v) is 4.20. The fourth-order valence-corrected chi connectivity index (χ4v) is 2.42. The highest BCUT2D eigenvalue weighted by atomic mass is 32.2. The van der Waals surface area contributed by atoms with Gasteiger partial charge < -0.3 is 4.90 Å². The van der Waals surface area contributed by atoms with Crippen molar-refractivity contribution in [3.63, 3.8) is 0 Å². The molecule has 0 saturated carbocycles. The van der Waals surface area contributed by atoms with Crippen LogP contribution in [-0.2, 0) is 4.79 Å². The average molecular weight is 155 g/mol. The zero-order valence-electron chi connectivity index (χ0n) is 5.78. The first-order valence-corrected chi connectivity index (χ1v) is 4.36. The molecule has 0 aliphatic carbocycles. The molecule has 10 heavy (non-hydrogen) atoms. The number of amides is 1. The normalized spacial score (nSPS) is 37.3. The van der Waals surface area contributed by atoms with Gasteiger partial charge in [0.1, 0.15) is 0 Å². The van der Waals surface area contributed by atoms with Crippen LogP contribution in [-0.4, -0.2) is 21.4 Å². The van der Waals surface area contributed by atoms with Crippen molar-refractivity contribution in [3.8, 4) is 0 Å². The molecule has 0 spiro atoms. The van der Waals surface area contributed by atoms with Gasteiger partial charge in [-0.1, -0.05) is 6.08 Å². The first-order valence-electron chi connectivity index (χ1n) is 3.42. The number of carbonyl (C=O) groups excluding carboxylic acids is 1. The molecule has 2 aliphatic heterocycles. The number of carbonyl (C=O) groups is 1. The van der Waals surface area contributed by atoms with E-state index >= 15 is 0 Å². The van der Waals surface area contributed by atoms with Gasteiger partial charge in [0.2, 0.25) is 5.91 Å². The molecule has 3 heteroatoms. The lowest BCUT2D eigenvalue weighted by atomic mass is 10.2. The number of hydrogen-bond donors (Lipinski definition) is 0. The van der Waals surface area contributed by atoms with E-state index in [0.29, 0.717) is 10.6 Å². The molecule has 2 aliphatic rings. The van der Waals surface area contributed by atoms with Crippen molar-refractivity contribution in [2.24, 2.45) is 0 Å². The summed E-state index contributed by atoms with van der Waals surface area (Å²) in [5.41, 5.74) is 0. The summed E-state index contributed by atoms with van der Waals surface area (Å²) in [4.78, 5) is 12.6. The van der Waals surface area contributed by atoms with Crippen LogP contribution in [0.15, 0.2) is 12.3 Å². The average Bonchev–Trinajstić information content (AvgIpc) is 1.86. The van der Waals surface area contributed by atoms with Crippen LogP contribution >= 0.6 is 11.8 Å². The SMILES string of the molecule is CC1C=CN2C(=O)C[C@@H]2S1. The minimum absolute atomic E-state index is 0.264. The van der Waals surface area contributed by atoms with Crippen LogP contribution in [0.2, 0.25) is 0 Å². The van der Waals surface area contributed by atoms with Crippen LogP contribution < -0.4 is 0 Å². The first kappa shape index (κ1) is 6.28. The van der Waals surface area contributed by atoms with Gasteiger partial charge in [0.05, 0.1) is 11.8 Å². The van der Waals surface area contributed by atoms with E-state index in [-0.39, 0.29) is 5.91 Å². The van der Waals surface area contributed by atoms with Gasteiger partial charge in [0, 0.05) is 11.4 Å². The molecule has 0 aromatic carbocycles. The Labute approximate surface area is 64.3 Å². The summed E-state index contributed by atoms with van der Waals surface area (Å²) in [7, 11) is 0. The molecular formula is C7H9NOS. The van der Waals surface area contributed by atoms with E-state index in [1.165, 1.54) is 0 Å². The van der Waals surface area contributed by atoms with E-state index in [9.17, 15) is 4.79 Å². The van der Waals surface area contributed by atoms with Gasteiger partial charge in [-0.2, -0.15) is 0 Å². The van der Waals surface area contributed by atoms with Crippen molar-refractivity contribution in [1.82, 2.24) is 4.90 Å². The van der Waals surface area contributed by atoms with Crippen LogP contribution in [0.25, 0.3) is 0 Å². The quantitative estimate of drug-likeness (QED) is 0.490. The molecule has 2 rings (SSSR count). The third-order valence-electron chi connectivity index (χ3n) is 1.84. The van der Waals surface area contributed by atoms with Gasteiger partial charge in [-0.25, -0.2) is 0 Å². The van der Waals surface area contributed by atoms with E-state index in [2.05, 4.69) is 13.0 Å². The maximum Gasteiger partial charge on any atom is 0.230 e. The van der Waals surface area contributed by atoms with Crippen LogP contribution in [0.1, 0.15) is 13.3 Å². The van der Waals surface area contributed by atoms with Gasteiger partial charge in [0.15, 0.2) is 0 Å². The third-order valence-corrected chi connectivity index (χ3v) is 3.13. The van der Waals surface area contributed by atoms with Gasteiger partial charge in [-0.15, -0.1) is 11.8 Å². The van der Waals surface area contributed by atoms with Gasteiger partial charge in [-0.3, -0.25) is 4.79 Å². The summed E-state index contributed by atoms with van der Waals surface area (Å²) < 4.78 is 0. The van der Waals surface area contributed by atoms with Crippen LogP contribution in [0.5, 0.6) is 0 Å². The van der Waals surface area contributed by atoms with E-state index in [4.69, 9.17) is 0 Å². The number of hydrogen-bond acceptors (Lipinski definition) is 2. The monoisotopic (exact) mass is 155 g/mol. The van der Waals surface area contributed by atoms with Gasteiger partial charge in [0.25, 0.3) is 0 Å². The highest BCUT2D eigenvalue weighted by molar-refractivity contribution is 8.00. The number of β-lactam (4-membered cyclic amide) rings is 1. The fourth-order valence-electron chi connectivity index (χ4n) is 1.20. The highest BCUT2D eigenvalue weighted by Gasteiger charge is 2.37. The Morgan fingerprint density at radius 1 is 1.80 bits per heavy atom. The number of nitrogens with zero attached hydrogens (tertiary/aromatic N) is 1. The molecule has 0 N–H and O–H groups in total. The minimum atomic E-state index is 0.264. The predicted octanol–water partition coefficient (Wildman–Crippen LogP) is 1.19. The zero-order valence-corrected chi connectivity index (χ0v) is 6.60. The lowest BCUT2D eigenvalue weighted by Gasteiger charge is -2.41. The van der Waals surface area contributed by atoms with Crippen molar-refractivity contribution in [2.75, 3.05) is 0 Å². The molecule has 2 nitrogen and oxygen atoms in total. The van der Waals surface area contributed by atoms with E-state index < -0.39 is 0 Å². The molecule has 1 saturated heterocycles. The Morgan fingerprint density at radius 3 is 3.20 bits per heavy atom. The van der Waals surface area contributed by atoms with Crippen molar-refractivity contribution in [3.05, 3.63) is 12.3 Å². The van der Waals surface area contributed by atoms with Gasteiger partial charge in [-0.05, 0) is 6.92 Å². The lowest BCUT2D eigenvalue weighted by Crippen LogP contribution is -2.49. The third kappa shape index (κ3) is 0.770. The number of fused-ring (bicyclic) bond motifs is 1. The van der Waals surface area contributed by atoms with Crippen LogP contribution in [0.3, 0.4) is 0 Å². The Balaban J connectivity index is 2.14. The summed E-state index contributed by atoms with van der Waals surface area (Å²) in [5, 5.41) is 1.03. The molecule has 2 heterocycles. The summed E-state index contributed by atoms with van der Waals surface area (Å²) in [5.74, 6) is 0.264. The Morgan fingerprint density at radius 2 is 2.60 bits per heavy atom. The van der Waals surface area contributed by atoms with Gasteiger partial charge >= 0.3 is 0 Å². The van der Waals surface area contributed by atoms with Crippen LogP contribution in [0, 0.1) is 0 Å². The van der Waals surface area contributed by atoms with Crippen molar-refractivity contribution < 1.29 is 4.79 Å². The molecule has 1 unspecified atom stereocenters. The minimum Gasteiger partial charge on any atom is -0.306 e. The highest BCUT2D eigenvalue weighted by Crippen LogP contribution is 2.36. The largest absolute Gasteiger partial charge is 0.306 e. The summed E-state index contributed by atoms with van der Waals surface area (Å²) in [6.45, 7) is 2.15. The predicted molar refractivity (Wildman–Crippen MR) is 41.4 cm³/mol. The van der Waals surface area contributed by atoms with Crippen molar-refractivity contribution in [2.45, 2.75) is 24.0 Å². The maximum absolute atomic E-state index is 10.8. The first-order chi connectivity index (χ1) is 4.77. The Hall–Kier alpha value is -0.440. The summed E-state index contributed by atoms with van der Waals surface area (Å²) in [6, 6.07) is 0. The number of rotatable bonds is 0. The van der Waals surface area contributed by atoms with Crippen molar-refractivity contribution >= 4 is 17.7 Å². The smallest absolute Gasteiger partial charge is 0.230 e. The Kier molecular flexibility index (Phi) is 1.27.